The number of aliphatic hydroxyl groups is 1. The van der Waals surface area contributed by atoms with Crippen molar-refractivity contribution in [3.8, 4) is 5.75 Å². The Kier molecular flexibility index (Phi) is 5.19. The quantitative estimate of drug-likeness (QED) is 0.814. The lowest BCUT2D eigenvalue weighted by molar-refractivity contribution is 0.199. The second-order valence-corrected chi connectivity index (χ2v) is 3.55. The SMILES string of the molecule is CCCCc1cc(F)c(F)cc1OCCO. The predicted molar refractivity (Wildman–Crippen MR) is 57.6 cm³/mol. The van der Waals surface area contributed by atoms with E-state index in [4.69, 9.17) is 9.84 Å². The molecule has 0 aliphatic heterocycles. The maximum absolute atomic E-state index is 13.0. The smallest absolute Gasteiger partial charge is 0.162 e. The van der Waals surface area contributed by atoms with Gasteiger partial charge in [0.1, 0.15) is 12.4 Å². The van der Waals surface area contributed by atoms with Gasteiger partial charge >= 0.3 is 0 Å². The van der Waals surface area contributed by atoms with E-state index >= 15 is 0 Å². The average molecular weight is 230 g/mol. The van der Waals surface area contributed by atoms with Crippen molar-refractivity contribution in [2.24, 2.45) is 0 Å². The normalized spacial score (nSPS) is 10.5. The summed E-state index contributed by atoms with van der Waals surface area (Å²) in [6, 6.07) is 2.20. The Morgan fingerprint density at radius 3 is 2.56 bits per heavy atom. The van der Waals surface area contributed by atoms with Crippen LogP contribution in [0.15, 0.2) is 12.1 Å². The van der Waals surface area contributed by atoms with Crippen LogP contribution in [0.5, 0.6) is 5.75 Å². The summed E-state index contributed by atoms with van der Waals surface area (Å²) in [5.74, 6) is -1.46. The van der Waals surface area contributed by atoms with Gasteiger partial charge in [-0.2, -0.15) is 0 Å². The zero-order chi connectivity index (χ0) is 12.0. The highest BCUT2D eigenvalue weighted by molar-refractivity contribution is 5.35. The van der Waals surface area contributed by atoms with Gasteiger partial charge in [0.15, 0.2) is 11.6 Å². The number of unbranched alkanes of at least 4 members (excludes halogenated alkanes) is 1. The predicted octanol–water partition coefficient (Wildman–Crippen LogP) is 2.68. The van der Waals surface area contributed by atoms with Gasteiger partial charge in [-0.05, 0) is 24.5 Å². The fourth-order valence-corrected chi connectivity index (χ4v) is 1.42. The largest absolute Gasteiger partial charge is 0.491 e. The summed E-state index contributed by atoms with van der Waals surface area (Å²) >= 11 is 0. The molecule has 0 aromatic heterocycles. The monoisotopic (exact) mass is 230 g/mol. The maximum atomic E-state index is 13.0. The van der Waals surface area contributed by atoms with Crippen LogP contribution >= 0.6 is 0 Å². The molecule has 0 saturated carbocycles. The third kappa shape index (κ3) is 3.45. The van der Waals surface area contributed by atoms with Crippen LogP contribution in [-0.2, 0) is 6.42 Å². The molecule has 1 rings (SSSR count). The minimum Gasteiger partial charge on any atom is -0.491 e. The van der Waals surface area contributed by atoms with Gasteiger partial charge in [-0.1, -0.05) is 13.3 Å². The Morgan fingerprint density at radius 1 is 1.25 bits per heavy atom. The Balaban J connectivity index is 2.87. The molecule has 1 N–H and O–H groups in total. The van der Waals surface area contributed by atoms with E-state index in [1.165, 1.54) is 0 Å². The molecular formula is C12H16F2O2. The molecule has 1 aromatic rings. The molecule has 0 atom stereocenters. The molecule has 2 nitrogen and oxygen atoms in total. The molecule has 0 radical (unpaired) electrons. The molecule has 0 unspecified atom stereocenters. The number of hydrogen-bond acceptors (Lipinski definition) is 2. The van der Waals surface area contributed by atoms with E-state index in [1.54, 1.807) is 0 Å². The molecule has 90 valence electrons. The first-order valence-electron chi connectivity index (χ1n) is 5.40. The minimum atomic E-state index is -0.923. The first-order chi connectivity index (χ1) is 7.69. The van der Waals surface area contributed by atoms with E-state index < -0.39 is 11.6 Å². The average Bonchev–Trinajstić information content (AvgIpc) is 2.28. The van der Waals surface area contributed by atoms with Gasteiger partial charge in [0.2, 0.25) is 0 Å². The second-order valence-electron chi connectivity index (χ2n) is 3.55. The van der Waals surface area contributed by atoms with E-state index in [9.17, 15) is 8.78 Å². The van der Waals surface area contributed by atoms with Crippen molar-refractivity contribution in [1.82, 2.24) is 0 Å². The second kappa shape index (κ2) is 6.43. The van der Waals surface area contributed by atoms with Crippen LogP contribution in [0, 0.1) is 11.6 Å². The van der Waals surface area contributed by atoms with E-state index in [0.717, 1.165) is 25.0 Å². The Bertz CT molecular complexity index is 307. The van der Waals surface area contributed by atoms with Crippen LogP contribution in [0.25, 0.3) is 0 Å². The van der Waals surface area contributed by atoms with Crippen molar-refractivity contribution in [1.29, 1.82) is 0 Å². The van der Waals surface area contributed by atoms with Crippen LogP contribution in [0.1, 0.15) is 25.3 Å². The van der Waals surface area contributed by atoms with Crippen LogP contribution in [0.2, 0.25) is 0 Å². The minimum absolute atomic E-state index is 0.0875. The van der Waals surface area contributed by atoms with Gasteiger partial charge in [0.05, 0.1) is 6.61 Å². The van der Waals surface area contributed by atoms with Gasteiger partial charge < -0.3 is 9.84 Å². The molecule has 0 spiro atoms. The van der Waals surface area contributed by atoms with Crippen LogP contribution in [-0.4, -0.2) is 18.3 Å². The number of aryl methyl sites for hydroxylation is 1. The molecular weight excluding hydrogens is 214 g/mol. The van der Waals surface area contributed by atoms with Crippen molar-refractivity contribution < 1.29 is 18.6 Å². The van der Waals surface area contributed by atoms with Crippen molar-refractivity contribution in [3.63, 3.8) is 0 Å². The number of aliphatic hydroxyl groups excluding tert-OH is 1. The molecule has 0 amide bonds. The maximum Gasteiger partial charge on any atom is 0.162 e. The summed E-state index contributed by atoms with van der Waals surface area (Å²) in [7, 11) is 0. The molecule has 0 saturated heterocycles. The van der Waals surface area contributed by atoms with Gasteiger partial charge in [0, 0.05) is 6.07 Å². The number of benzene rings is 1. The van der Waals surface area contributed by atoms with Crippen molar-refractivity contribution in [2.75, 3.05) is 13.2 Å². The third-order valence-electron chi connectivity index (χ3n) is 2.25. The Morgan fingerprint density at radius 2 is 1.94 bits per heavy atom. The number of rotatable bonds is 6. The van der Waals surface area contributed by atoms with Gasteiger partial charge in [0.25, 0.3) is 0 Å². The topological polar surface area (TPSA) is 29.5 Å². The van der Waals surface area contributed by atoms with E-state index in [-0.39, 0.29) is 13.2 Å². The van der Waals surface area contributed by atoms with Gasteiger partial charge in [-0.15, -0.1) is 0 Å². The fourth-order valence-electron chi connectivity index (χ4n) is 1.42. The molecule has 0 aliphatic rings. The third-order valence-corrected chi connectivity index (χ3v) is 2.25. The summed E-state index contributed by atoms with van der Waals surface area (Å²) < 4.78 is 31.2. The van der Waals surface area contributed by atoms with Gasteiger partial charge in [-0.25, -0.2) is 8.78 Å². The summed E-state index contributed by atoms with van der Waals surface area (Å²) in [6.45, 7) is 1.96. The molecule has 0 aliphatic carbocycles. The van der Waals surface area contributed by atoms with E-state index in [1.807, 2.05) is 6.92 Å². The zero-order valence-electron chi connectivity index (χ0n) is 9.30. The molecule has 0 heterocycles. The highest BCUT2D eigenvalue weighted by atomic mass is 19.2. The molecule has 0 bridgehead atoms. The van der Waals surface area contributed by atoms with E-state index in [0.29, 0.717) is 17.7 Å². The van der Waals surface area contributed by atoms with Crippen molar-refractivity contribution >= 4 is 0 Å². The van der Waals surface area contributed by atoms with Crippen LogP contribution in [0.4, 0.5) is 8.78 Å². The van der Waals surface area contributed by atoms with Gasteiger partial charge in [-0.3, -0.25) is 0 Å². The first-order valence-corrected chi connectivity index (χ1v) is 5.40. The molecule has 16 heavy (non-hydrogen) atoms. The first kappa shape index (κ1) is 12.9. The zero-order valence-corrected chi connectivity index (χ0v) is 9.30. The lowest BCUT2D eigenvalue weighted by Crippen LogP contribution is -2.05. The number of halogens is 2. The highest BCUT2D eigenvalue weighted by Gasteiger charge is 2.10. The summed E-state index contributed by atoms with van der Waals surface area (Å²) in [6.07, 6.45) is 2.51. The molecule has 0 fully saturated rings. The van der Waals surface area contributed by atoms with Crippen LogP contribution < -0.4 is 4.74 Å². The van der Waals surface area contributed by atoms with E-state index in [2.05, 4.69) is 0 Å². The molecule has 1 aromatic carbocycles. The number of hydrogen-bond donors (Lipinski definition) is 1. The van der Waals surface area contributed by atoms with Crippen molar-refractivity contribution in [2.45, 2.75) is 26.2 Å². The Labute approximate surface area is 93.9 Å². The summed E-state index contributed by atoms with van der Waals surface area (Å²) in [5.41, 5.74) is 0.647. The number of ether oxygens (including phenoxy) is 1. The highest BCUT2D eigenvalue weighted by Crippen LogP contribution is 2.24. The summed E-state index contributed by atoms with van der Waals surface area (Å²) in [5, 5.41) is 8.63. The molecule has 4 heteroatoms. The fraction of sp³-hybridized carbons (Fsp3) is 0.500. The lowest BCUT2D eigenvalue weighted by Gasteiger charge is -2.11. The van der Waals surface area contributed by atoms with Crippen LogP contribution in [0.3, 0.4) is 0 Å². The Hall–Kier alpha value is -1.16. The van der Waals surface area contributed by atoms with Crippen molar-refractivity contribution in [3.05, 3.63) is 29.3 Å². The standard InChI is InChI=1S/C12H16F2O2/c1-2-3-4-9-7-10(13)11(14)8-12(9)16-6-5-15/h7-8,15H,2-6H2,1H3. The lowest BCUT2D eigenvalue weighted by atomic mass is 10.1. The summed E-state index contributed by atoms with van der Waals surface area (Å²) in [4.78, 5) is 0.